The highest BCUT2D eigenvalue weighted by Crippen LogP contribution is 1.94. The van der Waals surface area contributed by atoms with Crippen LogP contribution in [-0.2, 0) is 0 Å². The maximum atomic E-state index is 3.02. The molecular formula is C8H9N. The molecule has 1 rings (SSSR count). The SMILES string of the molecule is CNC1=CC#CCC=C1. The minimum absolute atomic E-state index is 0.863. The van der Waals surface area contributed by atoms with Gasteiger partial charge in [0.2, 0.25) is 0 Å². The number of hydrogen-bond acceptors (Lipinski definition) is 1. The molecule has 0 bridgehead atoms. The zero-order valence-corrected chi connectivity index (χ0v) is 5.44. The lowest BCUT2D eigenvalue weighted by molar-refractivity contribution is 1.03. The molecule has 1 N–H and O–H groups in total. The summed E-state index contributed by atoms with van der Waals surface area (Å²) in [5.41, 5.74) is 1.08. The maximum absolute atomic E-state index is 3.02. The molecule has 0 aliphatic heterocycles. The normalized spacial score (nSPS) is 15.0. The summed E-state index contributed by atoms with van der Waals surface area (Å²) in [6.45, 7) is 0. The van der Waals surface area contributed by atoms with E-state index >= 15 is 0 Å². The number of nitrogens with one attached hydrogen (secondary N) is 1. The topological polar surface area (TPSA) is 12.0 Å². The number of allylic oxidation sites excluding steroid dienone is 3. The third-order valence-electron chi connectivity index (χ3n) is 1.14. The third-order valence-corrected chi connectivity index (χ3v) is 1.14. The molecule has 0 aromatic carbocycles. The maximum Gasteiger partial charge on any atom is 0.0419 e. The fourth-order valence-corrected chi connectivity index (χ4v) is 0.636. The van der Waals surface area contributed by atoms with Gasteiger partial charge in [0.05, 0.1) is 0 Å². The standard InChI is InChI=1S/C8H9N/c1-9-8-6-4-2-3-5-7-8/h4,6-7,9H,2H2,1H3. The van der Waals surface area contributed by atoms with E-state index in [-0.39, 0.29) is 0 Å². The van der Waals surface area contributed by atoms with Gasteiger partial charge in [-0.15, -0.1) is 0 Å². The van der Waals surface area contributed by atoms with Crippen LogP contribution in [0.2, 0.25) is 0 Å². The lowest BCUT2D eigenvalue weighted by Gasteiger charge is -1.94. The first-order valence-corrected chi connectivity index (χ1v) is 2.96. The van der Waals surface area contributed by atoms with Gasteiger partial charge in [0.25, 0.3) is 0 Å². The molecule has 9 heavy (non-hydrogen) atoms. The van der Waals surface area contributed by atoms with E-state index in [1.54, 1.807) is 0 Å². The highest BCUT2D eigenvalue weighted by atomic mass is 14.8. The Labute approximate surface area is 55.5 Å². The second-order valence-electron chi connectivity index (χ2n) is 1.78. The van der Waals surface area contributed by atoms with Crippen molar-refractivity contribution in [3.63, 3.8) is 0 Å². The Hall–Kier alpha value is -1.16. The Morgan fingerprint density at radius 2 is 2.56 bits per heavy atom. The van der Waals surface area contributed by atoms with Gasteiger partial charge in [-0.1, -0.05) is 17.9 Å². The number of likely N-dealkylation sites (N-methyl/N-ethyl adjacent to an activating group) is 1. The fraction of sp³-hybridized carbons (Fsp3) is 0.250. The molecule has 46 valence electrons. The van der Waals surface area contributed by atoms with Gasteiger partial charge in [-0.05, 0) is 6.08 Å². The first kappa shape index (κ1) is 5.97. The van der Waals surface area contributed by atoms with Crippen LogP contribution in [0.15, 0.2) is 23.9 Å². The van der Waals surface area contributed by atoms with Crippen molar-refractivity contribution in [3.05, 3.63) is 23.9 Å². The molecule has 0 atom stereocenters. The molecule has 1 aliphatic rings. The summed E-state index contributed by atoms with van der Waals surface area (Å²) >= 11 is 0. The molecule has 0 unspecified atom stereocenters. The van der Waals surface area contributed by atoms with Crippen molar-refractivity contribution in [2.45, 2.75) is 6.42 Å². The molecule has 0 radical (unpaired) electrons. The van der Waals surface area contributed by atoms with Crippen molar-refractivity contribution in [3.8, 4) is 11.8 Å². The van der Waals surface area contributed by atoms with Crippen LogP contribution in [0.5, 0.6) is 0 Å². The molecule has 0 fully saturated rings. The Kier molecular flexibility index (Phi) is 1.98. The Balaban J connectivity index is 2.72. The van der Waals surface area contributed by atoms with Crippen molar-refractivity contribution < 1.29 is 0 Å². The zero-order valence-electron chi connectivity index (χ0n) is 5.44. The predicted octanol–water partition coefficient (Wildman–Crippen LogP) is 1.05. The molecule has 0 heterocycles. The Morgan fingerprint density at radius 1 is 1.67 bits per heavy atom. The van der Waals surface area contributed by atoms with E-state index in [0.717, 1.165) is 12.1 Å². The van der Waals surface area contributed by atoms with E-state index < -0.39 is 0 Å². The number of rotatable bonds is 1. The van der Waals surface area contributed by atoms with Gasteiger partial charge in [0.15, 0.2) is 0 Å². The molecule has 0 aromatic heterocycles. The average molecular weight is 119 g/mol. The van der Waals surface area contributed by atoms with Crippen molar-refractivity contribution in [1.82, 2.24) is 5.32 Å². The molecule has 1 aliphatic carbocycles. The van der Waals surface area contributed by atoms with E-state index in [9.17, 15) is 0 Å². The van der Waals surface area contributed by atoms with Crippen molar-refractivity contribution in [1.29, 1.82) is 0 Å². The van der Waals surface area contributed by atoms with Gasteiger partial charge in [0, 0.05) is 25.2 Å². The average Bonchev–Trinajstić information content (AvgIpc) is 2.13. The second kappa shape index (κ2) is 2.99. The van der Waals surface area contributed by atoms with Crippen molar-refractivity contribution in [2.24, 2.45) is 0 Å². The Morgan fingerprint density at radius 3 is 3.33 bits per heavy atom. The van der Waals surface area contributed by atoms with Crippen molar-refractivity contribution in [2.75, 3.05) is 7.05 Å². The summed E-state index contributed by atoms with van der Waals surface area (Å²) in [4.78, 5) is 0. The lowest BCUT2D eigenvalue weighted by atomic mass is 10.3. The molecule has 0 saturated carbocycles. The van der Waals surface area contributed by atoms with Crippen LogP contribution in [0.3, 0.4) is 0 Å². The van der Waals surface area contributed by atoms with Gasteiger partial charge < -0.3 is 5.32 Å². The summed E-state index contributed by atoms with van der Waals surface area (Å²) in [6.07, 6.45) is 6.81. The predicted molar refractivity (Wildman–Crippen MR) is 38.7 cm³/mol. The molecule has 0 saturated heterocycles. The summed E-state index contributed by atoms with van der Waals surface area (Å²) < 4.78 is 0. The van der Waals surface area contributed by atoms with Crippen LogP contribution in [0.25, 0.3) is 0 Å². The summed E-state index contributed by atoms with van der Waals surface area (Å²) in [5.74, 6) is 5.87. The van der Waals surface area contributed by atoms with Crippen LogP contribution < -0.4 is 5.32 Å². The zero-order chi connectivity index (χ0) is 6.53. The Bertz CT molecular complexity index is 200. The largest absolute Gasteiger partial charge is 0.388 e. The van der Waals surface area contributed by atoms with Gasteiger partial charge >= 0.3 is 0 Å². The van der Waals surface area contributed by atoms with Gasteiger partial charge in [-0.3, -0.25) is 0 Å². The van der Waals surface area contributed by atoms with E-state index in [2.05, 4.69) is 17.2 Å². The summed E-state index contributed by atoms with van der Waals surface area (Å²) in [7, 11) is 1.89. The molecule has 1 nitrogen and oxygen atoms in total. The molecule has 1 heteroatoms. The van der Waals surface area contributed by atoms with Crippen LogP contribution in [0.1, 0.15) is 6.42 Å². The van der Waals surface area contributed by atoms with Crippen molar-refractivity contribution >= 4 is 0 Å². The highest BCUT2D eigenvalue weighted by molar-refractivity contribution is 5.31. The van der Waals surface area contributed by atoms with Gasteiger partial charge in [-0.2, -0.15) is 0 Å². The van der Waals surface area contributed by atoms with E-state index in [4.69, 9.17) is 0 Å². The minimum atomic E-state index is 0.863. The first-order chi connectivity index (χ1) is 4.43. The van der Waals surface area contributed by atoms with Gasteiger partial charge in [-0.25, -0.2) is 0 Å². The third kappa shape index (κ3) is 1.65. The molecule has 0 spiro atoms. The van der Waals surface area contributed by atoms with Crippen LogP contribution in [-0.4, -0.2) is 7.05 Å². The van der Waals surface area contributed by atoms with Crippen LogP contribution >= 0.6 is 0 Å². The van der Waals surface area contributed by atoms with Crippen LogP contribution in [0, 0.1) is 11.8 Å². The number of hydrogen-bond donors (Lipinski definition) is 1. The summed E-state index contributed by atoms with van der Waals surface area (Å²) in [5, 5.41) is 3.02. The quantitative estimate of drug-likeness (QED) is 0.509. The second-order valence-corrected chi connectivity index (χ2v) is 1.78. The smallest absolute Gasteiger partial charge is 0.0419 e. The van der Waals surface area contributed by atoms with Crippen LogP contribution in [0.4, 0.5) is 0 Å². The molecule has 0 aromatic rings. The minimum Gasteiger partial charge on any atom is -0.388 e. The molecule has 0 amide bonds. The fourth-order valence-electron chi connectivity index (χ4n) is 0.636. The molecular weight excluding hydrogens is 110 g/mol. The monoisotopic (exact) mass is 119 g/mol. The van der Waals surface area contributed by atoms with E-state index in [1.807, 2.05) is 25.3 Å². The van der Waals surface area contributed by atoms with E-state index in [1.165, 1.54) is 0 Å². The first-order valence-electron chi connectivity index (χ1n) is 2.96. The highest BCUT2D eigenvalue weighted by Gasteiger charge is 1.84. The van der Waals surface area contributed by atoms with E-state index in [0.29, 0.717) is 0 Å². The lowest BCUT2D eigenvalue weighted by Crippen LogP contribution is -2.01. The summed E-state index contributed by atoms with van der Waals surface area (Å²) in [6, 6.07) is 0. The van der Waals surface area contributed by atoms with Gasteiger partial charge in [0.1, 0.15) is 0 Å².